The summed E-state index contributed by atoms with van der Waals surface area (Å²) in [6.07, 6.45) is 2.50. The third-order valence-corrected chi connectivity index (χ3v) is 4.03. The Morgan fingerprint density at radius 3 is 2.14 bits per heavy atom. The van der Waals surface area contributed by atoms with E-state index in [1.54, 1.807) is 0 Å². The Labute approximate surface area is 131 Å². The van der Waals surface area contributed by atoms with Crippen LogP contribution < -0.4 is 0 Å². The quantitative estimate of drug-likeness (QED) is 0.637. The van der Waals surface area contributed by atoms with Crippen molar-refractivity contribution in [2.75, 3.05) is 0 Å². The number of hydrogen-bond acceptors (Lipinski definition) is 1. The van der Waals surface area contributed by atoms with Gasteiger partial charge in [-0.15, -0.1) is 0 Å². The summed E-state index contributed by atoms with van der Waals surface area (Å²) in [5.74, 6) is 0.254. The smallest absolute Gasteiger partial charge is 0.163 e. The molecule has 0 N–H and O–H groups in total. The lowest BCUT2D eigenvalue weighted by molar-refractivity contribution is 0.0977. The minimum Gasteiger partial charge on any atom is -0.354 e. The number of hydrogen-bond donors (Lipinski definition) is 0. The number of ketones is 1. The van der Waals surface area contributed by atoms with Crippen molar-refractivity contribution in [3.05, 3.63) is 95.8 Å². The van der Waals surface area contributed by atoms with Crippen molar-refractivity contribution in [3.63, 3.8) is 0 Å². The van der Waals surface area contributed by atoms with Crippen LogP contribution in [0, 0.1) is 0 Å². The van der Waals surface area contributed by atoms with Gasteiger partial charge in [-0.25, -0.2) is 0 Å². The van der Waals surface area contributed by atoms with Crippen molar-refractivity contribution >= 4 is 5.78 Å². The zero-order valence-electron chi connectivity index (χ0n) is 12.6. The van der Waals surface area contributed by atoms with Crippen molar-refractivity contribution in [2.45, 2.75) is 12.3 Å². The first-order chi connectivity index (χ1) is 10.8. The number of benzene rings is 2. The molecule has 0 bridgehead atoms. The summed E-state index contributed by atoms with van der Waals surface area (Å²) >= 11 is 0. The molecule has 1 aromatic heterocycles. The van der Waals surface area contributed by atoms with Gasteiger partial charge < -0.3 is 4.57 Å². The molecule has 3 rings (SSSR count). The van der Waals surface area contributed by atoms with E-state index in [1.807, 2.05) is 67.8 Å². The van der Waals surface area contributed by atoms with Gasteiger partial charge in [-0.05, 0) is 17.7 Å². The predicted octanol–water partition coefficient (Wildman–Crippen LogP) is 4.43. The largest absolute Gasteiger partial charge is 0.354 e. The molecule has 22 heavy (non-hydrogen) atoms. The fraction of sp³-hybridized carbons (Fsp3) is 0.150. The summed E-state index contributed by atoms with van der Waals surface area (Å²) < 4.78 is 2.09. The van der Waals surface area contributed by atoms with Gasteiger partial charge in [0.25, 0.3) is 0 Å². The SMILES string of the molecule is Cn1cccc1C(CC(=O)c1ccccc1)c1ccccc1. The lowest BCUT2D eigenvalue weighted by Crippen LogP contribution is -2.12. The first-order valence-electron chi connectivity index (χ1n) is 7.50. The van der Waals surface area contributed by atoms with Gasteiger partial charge in [-0.3, -0.25) is 4.79 Å². The summed E-state index contributed by atoms with van der Waals surface area (Å²) in [4.78, 5) is 12.6. The molecule has 0 amide bonds. The Bertz CT molecular complexity index is 744. The third-order valence-electron chi connectivity index (χ3n) is 4.03. The highest BCUT2D eigenvalue weighted by molar-refractivity contribution is 5.96. The number of aryl methyl sites for hydroxylation is 1. The molecule has 0 fully saturated rings. The van der Waals surface area contributed by atoms with Crippen LogP contribution in [0.2, 0.25) is 0 Å². The van der Waals surface area contributed by atoms with Crippen molar-refractivity contribution in [1.82, 2.24) is 4.57 Å². The monoisotopic (exact) mass is 289 g/mol. The standard InChI is InChI=1S/C20H19NO/c1-21-14-8-13-19(21)18(16-9-4-2-5-10-16)15-20(22)17-11-6-3-7-12-17/h2-14,18H,15H2,1H3. The van der Waals surface area contributed by atoms with Gasteiger partial charge in [0.1, 0.15) is 0 Å². The van der Waals surface area contributed by atoms with Crippen molar-refractivity contribution in [2.24, 2.45) is 7.05 Å². The fourth-order valence-electron chi connectivity index (χ4n) is 2.84. The number of rotatable bonds is 5. The van der Waals surface area contributed by atoms with Gasteiger partial charge in [-0.1, -0.05) is 60.7 Å². The lowest BCUT2D eigenvalue weighted by Gasteiger charge is -2.18. The summed E-state index contributed by atoms with van der Waals surface area (Å²) in [6.45, 7) is 0. The van der Waals surface area contributed by atoms with Crippen molar-refractivity contribution < 1.29 is 4.79 Å². The first kappa shape index (κ1) is 14.3. The van der Waals surface area contributed by atoms with Crippen LogP contribution in [0.3, 0.4) is 0 Å². The average Bonchev–Trinajstić information content (AvgIpc) is 3.00. The van der Waals surface area contributed by atoms with E-state index >= 15 is 0 Å². The molecule has 0 aliphatic heterocycles. The Hall–Kier alpha value is -2.61. The molecule has 1 heterocycles. The van der Waals surface area contributed by atoms with Gasteiger partial charge in [0, 0.05) is 36.8 Å². The molecule has 1 unspecified atom stereocenters. The van der Waals surface area contributed by atoms with Crippen molar-refractivity contribution in [3.8, 4) is 0 Å². The minimum atomic E-state index is 0.0777. The number of carbonyl (C=O) groups is 1. The number of nitrogens with zero attached hydrogens (tertiary/aromatic N) is 1. The normalized spacial score (nSPS) is 12.0. The second-order valence-electron chi connectivity index (χ2n) is 5.50. The Balaban J connectivity index is 1.93. The fourth-order valence-corrected chi connectivity index (χ4v) is 2.84. The van der Waals surface area contributed by atoms with Crippen LogP contribution in [0.25, 0.3) is 0 Å². The summed E-state index contributed by atoms with van der Waals surface area (Å²) in [7, 11) is 2.03. The highest BCUT2D eigenvalue weighted by Crippen LogP contribution is 2.29. The second-order valence-corrected chi connectivity index (χ2v) is 5.50. The minimum absolute atomic E-state index is 0.0777. The molecule has 2 heteroatoms. The zero-order valence-corrected chi connectivity index (χ0v) is 12.6. The lowest BCUT2D eigenvalue weighted by atomic mass is 9.89. The van der Waals surface area contributed by atoms with Crippen LogP contribution in [0.5, 0.6) is 0 Å². The van der Waals surface area contributed by atoms with Gasteiger partial charge in [0.05, 0.1) is 0 Å². The highest BCUT2D eigenvalue weighted by Gasteiger charge is 2.20. The predicted molar refractivity (Wildman–Crippen MR) is 89.1 cm³/mol. The van der Waals surface area contributed by atoms with E-state index in [0.717, 1.165) is 11.3 Å². The molecular weight excluding hydrogens is 270 g/mol. The average molecular weight is 289 g/mol. The van der Waals surface area contributed by atoms with Gasteiger partial charge in [0.2, 0.25) is 0 Å². The second kappa shape index (κ2) is 6.44. The van der Waals surface area contributed by atoms with Gasteiger partial charge in [-0.2, -0.15) is 0 Å². The molecule has 0 saturated carbocycles. The molecule has 110 valence electrons. The first-order valence-corrected chi connectivity index (χ1v) is 7.50. The zero-order chi connectivity index (χ0) is 15.4. The summed E-state index contributed by atoms with van der Waals surface area (Å²) in [6, 6.07) is 23.9. The van der Waals surface area contributed by atoms with E-state index in [2.05, 4.69) is 22.8 Å². The maximum atomic E-state index is 12.6. The maximum absolute atomic E-state index is 12.6. The molecule has 1 atom stereocenters. The van der Waals surface area contributed by atoms with E-state index in [1.165, 1.54) is 5.56 Å². The summed E-state index contributed by atoms with van der Waals surface area (Å²) in [5.41, 5.74) is 3.11. The van der Waals surface area contributed by atoms with Crippen molar-refractivity contribution in [1.29, 1.82) is 0 Å². The Kier molecular flexibility index (Phi) is 4.19. The highest BCUT2D eigenvalue weighted by atomic mass is 16.1. The molecule has 0 aliphatic rings. The molecule has 2 aromatic carbocycles. The summed E-state index contributed by atoms with van der Waals surface area (Å²) in [5, 5.41) is 0. The van der Waals surface area contributed by atoms with Crippen LogP contribution in [0.4, 0.5) is 0 Å². The number of aromatic nitrogens is 1. The molecular formula is C20H19NO. The Morgan fingerprint density at radius 1 is 0.909 bits per heavy atom. The topological polar surface area (TPSA) is 22.0 Å². The molecule has 0 aliphatic carbocycles. The molecule has 0 radical (unpaired) electrons. The molecule has 0 spiro atoms. The molecule has 0 saturated heterocycles. The van der Waals surface area contributed by atoms with Crippen LogP contribution in [-0.2, 0) is 7.05 Å². The third kappa shape index (κ3) is 3.01. The van der Waals surface area contributed by atoms with Gasteiger partial charge in [0.15, 0.2) is 5.78 Å². The van der Waals surface area contributed by atoms with E-state index < -0.39 is 0 Å². The van der Waals surface area contributed by atoms with Crippen LogP contribution in [-0.4, -0.2) is 10.4 Å². The van der Waals surface area contributed by atoms with E-state index in [0.29, 0.717) is 6.42 Å². The number of carbonyl (C=O) groups excluding carboxylic acids is 1. The van der Waals surface area contributed by atoms with E-state index in [9.17, 15) is 4.79 Å². The molecule has 2 nitrogen and oxygen atoms in total. The van der Waals surface area contributed by atoms with E-state index in [4.69, 9.17) is 0 Å². The number of Topliss-reactive ketones (excluding diaryl/α,β-unsaturated/α-hetero) is 1. The van der Waals surface area contributed by atoms with Gasteiger partial charge >= 0.3 is 0 Å². The van der Waals surface area contributed by atoms with E-state index in [-0.39, 0.29) is 11.7 Å². The molecule has 3 aromatic rings. The Morgan fingerprint density at radius 2 is 1.55 bits per heavy atom. The van der Waals surface area contributed by atoms with Crippen LogP contribution in [0.1, 0.15) is 34.0 Å². The van der Waals surface area contributed by atoms with Crippen LogP contribution in [0.15, 0.2) is 79.0 Å². The van der Waals surface area contributed by atoms with Crippen LogP contribution >= 0.6 is 0 Å². The maximum Gasteiger partial charge on any atom is 0.163 e.